The van der Waals surface area contributed by atoms with Gasteiger partial charge in [-0.1, -0.05) is 18.2 Å². The van der Waals surface area contributed by atoms with Gasteiger partial charge in [0.05, 0.1) is 22.8 Å². The Hall–Kier alpha value is -2.48. The summed E-state index contributed by atoms with van der Waals surface area (Å²) < 4.78 is 0. The van der Waals surface area contributed by atoms with Gasteiger partial charge in [0.25, 0.3) is 5.91 Å². The minimum Gasteiger partial charge on any atom is -0.323 e. The Kier molecular flexibility index (Phi) is 4.50. The minimum atomic E-state index is -0.143. The Morgan fingerprint density at radius 3 is 2.89 bits per heavy atom. The molecule has 7 heteroatoms. The number of anilines is 2. The van der Waals surface area contributed by atoms with E-state index in [0.717, 1.165) is 18.7 Å². The molecular weight excluding hydrogens is 390 g/mol. The fourth-order valence-corrected chi connectivity index (χ4v) is 6.02. The highest BCUT2D eigenvalue weighted by Gasteiger charge is 2.37. The predicted octanol–water partition coefficient (Wildman–Crippen LogP) is 2.33. The van der Waals surface area contributed by atoms with Crippen molar-refractivity contribution in [1.82, 2.24) is 0 Å². The van der Waals surface area contributed by atoms with Gasteiger partial charge >= 0.3 is 0 Å². The molecule has 2 aromatic heterocycles. The number of nitrogens with zero attached hydrogens (tertiary/aromatic N) is 1. The van der Waals surface area contributed by atoms with Gasteiger partial charge in [-0.15, -0.1) is 22.7 Å². The first-order chi connectivity index (χ1) is 13.7. The minimum absolute atomic E-state index is 0.00228. The van der Waals surface area contributed by atoms with Gasteiger partial charge in [-0.2, -0.15) is 0 Å². The van der Waals surface area contributed by atoms with Crippen molar-refractivity contribution in [2.75, 3.05) is 29.9 Å². The highest BCUT2D eigenvalue weighted by Crippen LogP contribution is 2.32. The van der Waals surface area contributed by atoms with Crippen molar-refractivity contribution in [3.8, 4) is 0 Å². The topological polar surface area (TPSA) is 53.9 Å². The summed E-state index contributed by atoms with van der Waals surface area (Å²) in [5.41, 5.74) is 2.83. The van der Waals surface area contributed by atoms with Crippen LogP contribution >= 0.6 is 22.7 Å². The lowest BCUT2D eigenvalue weighted by Gasteiger charge is -2.34. The average Bonchev–Trinajstić information content (AvgIpc) is 3.39. The number of carbonyl (C=O) groups excluding carboxylic acids is 2. The molecular formula is C21H20N3O2S2+. The molecule has 0 spiro atoms. The molecule has 142 valence electrons. The van der Waals surface area contributed by atoms with Gasteiger partial charge in [-0.3, -0.25) is 14.5 Å². The first-order valence-corrected chi connectivity index (χ1v) is 11.1. The second-order valence-corrected chi connectivity index (χ2v) is 9.11. The van der Waals surface area contributed by atoms with Crippen molar-refractivity contribution >= 4 is 45.9 Å². The molecule has 0 radical (unpaired) electrons. The van der Waals surface area contributed by atoms with Gasteiger partial charge in [0.1, 0.15) is 12.6 Å². The lowest BCUT2D eigenvalue weighted by atomic mass is 9.98. The molecule has 0 saturated heterocycles. The van der Waals surface area contributed by atoms with Crippen LogP contribution in [0.2, 0.25) is 0 Å². The maximum atomic E-state index is 13.3. The number of amides is 2. The van der Waals surface area contributed by atoms with E-state index in [1.54, 1.807) is 16.2 Å². The van der Waals surface area contributed by atoms with E-state index in [1.165, 1.54) is 20.2 Å². The zero-order chi connectivity index (χ0) is 19.1. The molecule has 2 amide bonds. The molecule has 1 aromatic carbocycles. The number of thiophene rings is 2. The smallest absolute Gasteiger partial charge is 0.282 e. The molecule has 4 heterocycles. The van der Waals surface area contributed by atoms with E-state index in [2.05, 4.69) is 34.3 Å². The van der Waals surface area contributed by atoms with E-state index in [1.807, 2.05) is 35.6 Å². The molecule has 0 saturated carbocycles. The van der Waals surface area contributed by atoms with E-state index in [4.69, 9.17) is 0 Å². The molecule has 5 nitrogen and oxygen atoms in total. The number of hydrogen-bond acceptors (Lipinski definition) is 4. The fraction of sp³-hybridized carbons (Fsp3) is 0.238. The average molecular weight is 411 g/mol. The fourth-order valence-electron chi connectivity index (χ4n) is 4.20. The van der Waals surface area contributed by atoms with Crippen LogP contribution in [0.4, 0.5) is 11.4 Å². The van der Waals surface area contributed by atoms with Crippen LogP contribution in [0.15, 0.2) is 53.2 Å². The van der Waals surface area contributed by atoms with Crippen LogP contribution in [0.5, 0.6) is 0 Å². The van der Waals surface area contributed by atoms with Crippen LogP contribution in [-0.4, -0.2) is 31.4 Å². The molecule has 0 fully saturated rings. The summed E-state index contributed by atoms with van der Waals surface area (Å²) in [6.45, 7) is 1.37. The number of carbonyl (C=O) groups is 2. The van der Waals surface area contributed by atoms with Crippen LogP contribution < -0.4 is 15.1 Å². The summed E-state index contributed by atoms with van der Waals surface area (Å²) in [7, 11) is 0. The molecule has 2 atom stereocenters. The van der Waals surface area contributed by atoms with Crippen molar-refractivity contribution in [3.63, 3.8) is 0 Å². The molecule has 1 unspecified atom stereocenters. The van der Waals surface area contributed by atoms with Gasteiger partial charge < -0.3 is 10.2 Å². The van der Waals surface area contributed by atoms with E-state index in [-0.39, 0.29) is 24.4 Å². The van der Waals surface area contributed by atoms with Gasteiger partial charge in [0.2, 0.25) is 5.91 Å². The third-order valence-corrected chi connectivity index (χ3v) is 7.38. The van der Waals surface area contributed by atoms with Crippen LogP contribution in [0, 0.1) is 0 Å². The number of fused-ring (bicyclic) bond motifs is 2. The molecule has 0 bridgehead atoms. The highest BCUT2D eigenvalue weighted by molar-refractivity contribution is 7.10. The number of para-hydroxylation sites is 2. The molecule has 3 aromatic rings. The summed E-state index contributed by atoms with van der Waals surface area (Å²) in [6.07, 6.45) is 0.995. The Morgan fingerprint density at radius 2 is 2.04 bits per heavy atom. The number of hydrogen-bond donors (Lipinski definition) is 2. The monoisotopic (exact) mass is 410 g/mol. The van der Waals surface area contributed by atoms with Crippen LogP contribution in [-0.2, 0) is 16.0 Å². The number of quaternary nitrogens is 1. The van der Waals surface area contributed by atoms with Crippen molar-refractivity contribution < 1.29 is 14.5 Å². The molecule has 2 aliphatic rings. The summed E-state index contributed by atoms with van der Waals surface area (Å²) in [5.74, 6) is -0.145. The number of nitrogens with one attached hydrogen (secondary N) is 2. The Balaban J connectivity index is 1.44. The molecule has 2 N–H and O–H groups in total. The van der Waals surface area contributed by atoms with Crippen molar-refractivity contribution in [2.45, 2.75) is 12.5 Å². The lowest BCUT2D eigenvalue weighted by Crippen LogP contribution is -3.14. The summed E-state index contributed by atoms with van der Waals surface area (Å²) in [4.78, 5) is 31.0. The Bertz CT molecular complexity index is 1030. The second kappa shape index (κ2) is 7.16. The zero-order valence-electron chi connectivity index (χ0n) is 15.2. The number of benzene rings is 1. The zero-order valence-corrected chi connectivity index (χ0v) is 16.8. The van der Waals surface area contributed by atoms with Gasteiger partial charge in [-0.25, -0.2) is 0 Å². The van der Waals surface area contributed by atoms with E-state index in [9.17, 15) is 9.59 Å². The van der Waals surface area contributed by atoms with Gasteiger partial charge in [0, 0.05) is 16.9 Å². The van der Waals surface area contributed by atoms with Crippen LogP contribution in [0.1, 0.15) is 21.4 Å². The van der Waals surface area contributed by atoms with Gasteiger partial charge in [-0.05, 0) is 35.0 Å². The molecule has 5 rings (SSSR count). The third kappa shape index (κ3) is 3.05. The molecule has 28 heavy (non-hydrogen) atoms. The van der Waals surface area contributed by atoms with Crippen molar-refractivity contribution in [2.24, 2.45) is 0 Å². The predicted molar refractivity (Wildman–Crippen MR) is 112 cm³/mol. The SMILES string of the molecule is O=C1CN(C(=O)C[NH+]2CCc3sccc3[C@H]2c2cccs2)c2ccccc2N1. The standard InChI is InChI=1S/C21H19N3O2S2/c25-19-12-24(16-5-2-1-4-15(16)22-19)20(26)13-23-9-7-17-14(8-11-28-17)21(23)18-6-3-10-27-18/h1-6,8,10-11,21H,7,9,12-13H2,(H,22,25)/p+1/t21-/m0/s1. The molecule has 0 aliphatic carbocycles. The van der Waals surface area contributed by atoms with E-state index >= 15 is 0 Å². The van der Waals surface area contributed by atoms with Crippen molar-refractivity contribution in [1.29, 1.82) is 0 Å². The lowest BCUT2D eigenvalue weighted by molar-refractivity contribution is -0.919. The highest BCUT2D eigenvalue weighted by atomic mass is 32.1. The first kappa shape index (κ1) is 17.6. The normalized spacial score (nSPS) is 21.0. The summed E-state index contributed by atoms with van der Waals surface area (Å²) in [5, 5.41) is 7.10. The first-order valence-electron chi connectivity index (χ1n) is 9.34. The molecule has 2 aliphatic heterocycles. The van der Waals surface area contributed by atoms with Crippen LogP contribution in [0.3, 0.4) is 0 Å². The van der Waals surface area contributed by atoms with Crippen molar-refractivity contribution in [3.05, 3.63) is 68.5 Å². The quantitative estimate of drug-likeness (QED) is 0.696. The largest absolute Gasteiger partial charge is 0.323 e. The van der Waals surface area contributed by atoms with Crippen LogP contribution in [0.25, 0.3) is 0 Å². The summed E-state index contributed by atoms with van der Waals surface area (Å²) >= 11 is 3.56. The van der Waals surface area contributed by atoms with E-state index < -0.39 is 0 Å². The Morgan fingerprint density at radius 1 is 1.14 bits per heavy atom. The van der Waals surface area contributed by atoms with Gasteiger partial charge in [0.15, 0.2) is 6.54 Å². The Labute approximate surface area is 171 Å². The second-order valence-electron chi connectivity index (χ2n) is 7.13. The third-order valence-electron chi connectivity index (χ3n) is 5.45. The summed E-state index contributed by atoms with van der Waals surface area (Å²) in [6, 6.07) is 14.1. The number of rotatable bonds is 3. The maximum absolute atomic E-state index is 13.3. The van der Waals surface area contributed by atoms with E-state index in [0.29, 0.717) is 12.2 Å². The maximum Gasteiger partial charge on any atom is 0.282 e.